The predicted molar refractivity (Wildman–Crippen MR) is 75.5 cm³/mol. The van der Waals surface area contributed by atoms with Crippen LogP contribution >= 0.6 is 34.8 Å². The van der Waals surface area contributed by atoms with Gasteiger partial charge in [0.25, 0.3) is 0 Å². The minimum absolute atomic E-state index is 0.0420. The topological polar surface area (TPSA) is 29.1 Å². The Balaban J connectivity index is 1.80. The first kappa shape index (κ1) is 14.0. The molecule has 0 aromatic heterocycles. The van der Waals surface area contributed by atoms with E-state index in [0.717, 1.165) is 5.56 Å². The van der Waals surface area contributed by atoms with Crippen molar-refractivity contribution in [2.24, 2.45) is 5.92 Å². The monoisotopic (exact) mass is 305 g/mol. The summed E-state index contributed by atoms with van der Waals surface area (Å²) in [6.45, 7) is 0.534. The average molecular weight is 307 g/mol. The Kier molecular flexibility index (Phi) is 4.77. The average Bonchev–Trinajstić information content (AvgIpc) is 3.15. The number of nitrogens with one attached hydrogen (secondary N) is 1. The third-order valence-electron chi connectivity index (χ3n) is 2.98. The van der Waals surface area contributed by atoms with Crippen LogP contribution < -0.4 is 5.32 Å². The Morgan fingerprint density at radius 2 is 2.06 bits per heavy atom. The molecular weight excluding hydrogens is 293 g/mol. The van der Waals surface area contributed by atoms with Crippen LogP contribution in [0.1, 0.15) is 18.4 Å². The third kappa shape index (κ3) is 4.04. The SMILES string of the molecule is O=C(Cc1ccc(Cl)c(Cl)c1)NCC(Cl)C1CC1. The van der Waals surface area contributed by atoms with Crippen LogP contribution in [0, 0.1) is 5.92 Å². The summed E-state index contributed by atoms with van der Waals surface area (Å²) in [5, 5.41) is 3.86. The van der Waals surface area contributed by atoms with Gasteiger partial charge in [-0.3, -0.25) is 4.79 Å². The summed E-state index contributed by atoms with van der Waals surface area (Å²) in [7, 11) is 0. The highest BCUT2D eigenvalue weighted by Gasteiger charge is 2.29. The van der Waals surface area contributed by atoms with E-state index < -0.39 is 0 Å². The Labute approximate surface area is 122 Å². The second-order valence-electron chi connectivity index (χ2n) is 4.58. The molecule has 1 fully saturated rings. The molecule has 0 aliphatic heterocycles. The molecule has 1 N–H and O–H groups in total. The van der Waals surface area contributed by atoms with Crippen molar-refractivity contribution in [2.75, 3.05) is 6.54 Å². The number of hydrogen-bond donors (Lipinski definition) is 1. The molecule has 98 valence electrons. The number of benzene rings is 1. The molecule has 1 aromatic carbocycles. The number of halogens is 3. The van der Waals surface area contributed by atoms with Crippen molar-refractivity contribution in [1.29, 1.82) is 0 Å². The highest BCUT2D eigenvalue weighted by atomic mass is 35.5. The van der Waals surface area contributed by atoms with Gasteiger partial charge in [0.05, 0.1) is 21.8 Å². The number of alkyl halides is 1. The van der Waals surface area contributed by atoms with Crippen LogP contribution in [0.25, 0.3) is 0 Å². The minimum Gasteiger partial charge on any atom is -0.354 e. The van der Waals surface area contributed by atoms with Crippen LogP contribution in [-0.2, 0) is 11.2 Å². The lowest BCUT2D eigenvalue weighted by atomic mass is 10.1. The molecule has 5 heteroatoms. The maximum atomic E-state index is 11.7. The fourth-order valence-corrected chi connectivity index (χ4v) is 2.38. The van der Waals surface area contributed by atoms with Gasteiger partial charge in [0.15, 0.2) is 0 Å². The number of carbonyl (C=O) groups excluding carboxylic acids is 1. The second-order valence-corrected chi connectivity index (χ2v) is 5.96. The lowest BCUT2D eigenvalue weighted by molar-refractivity contribution is -0.120. The van der Waals surface area contributed by atoms with E-state index in [0.29, 0.717) is 28.9 Å². The predicted octanol–water partition coefficient (Wildman–Crippen LogP) is 3.67. The summed E-state index contributed by atoms with van der Waals surface area (Å²) < 4.78 is 0. The van der Waals surface area contributed by atoms with E-state index in [1.54, 1.807) is 18.2 Å². The first-order valence-electron chi connectivity index (χ1n) is 5.91. The summed E-state index contributed by atoms with van der Waals surface area (Å²) >= 11 is 17.8. The van der Waals surface area contributed by atoms with E-state index >= 15 is 0 Å². The summed E-state index contributed by atoms with van der Waals surface area (Å²) in [6.07, 6.45) is 2.65. The van der Waals surface area contributed by atoms with Crippen LogP contribution in [0.15, 0.2) is 18.2 Å². The lowest BCUT2D eigenvalue weighted by Gasteiger charge is -2.10. The van der Waals surface area contributed by atoms with Crippen LogP contribution in [-0.4, -0.2) is 17.8 Å². The van der Waals surface area contributed by atoms with Gasteiger partial charge in [0, 0.05) is 6.54 Å². The van der Waals surface area contributed by atoms with E-state index in [1.165, 1.54) is 12.8 Å². The molecule has 1 saturated carbocycles. The van der Waals surface area contributed by atoms with Crippen molar-refractivity contribution in [3.05, 3.63) is 33.8 Å². The quantitative estimate of drug-likeness (QED) is 0.826. The van der Waals surface area contributed by atoms with E-state index in [4.69, 9.17) is 34.8 Å². The van der Waals surface area contributed by atoms with Gasteiger partial charge >= 0.3 is 0 Å². The van der Waals surface area contributed by atoms with E-state index in [1.807, 2.05) is 0 Å². The molecule has 2 nitrogen and oxygen atoms in total. The molecule has 0 heterocycles. The maximum absolute atomic E-state index is 11.7. The Bertz CT molecular complexity index is 446. The second kappa shape index (κ2) is 6.14. The van der Waals surface area contributed by atoms with Gasteiger partial charge < -0.3 is 5.32 Å². The number of carbonyl (C=O) groups is 1. The van der Waals surface area contributed by atoms with Crippen molar-refractivity contribution in [2.45, 2.75) is 24.6 Å². The van der Waals surface area contributed by atoms with Crippen molar-refractivity contribution in [3.63, 3.8) is 0 Å². The van der Waals surface area contributed by atoms with E-state index in [9.17, 15) is 4.79 Å². The zero-order valence-electron chi connectivity index (χ0n) is 9.76. The van der Waals surface area contributed by atoms with Gasteiger partial charge in [0.1, 0.15) is 0 Å². The molecule has 0 bridgehead atoms. The highest BCUT2D eigenvalue weighted by molar-refractivity contribution is 6.42. The normalized spacial score (nSPS) is 16.4. The first-order valence-corrected chi connectivity index (χ1v) is 7.10. The fourth-order valence-electron chi connectivity index (χ4n) is 1.73. The molecule has 0 spiro atoms. The number of amides is 1. The Morgan fingerprint density at radius 3 is 2.67 bits per heavy atom. The van der Waals surface area contributed by atoms with E-state index in [-0.39, 0.29) is 11.3 Å². The zero-order chi connectivity index (χ0) is 13.1. The maximum Gasteiger partial charge on any atom is 0.224 e. The lowest BCUT2D eigenvalue weighted by Crippen LogP contribution is -2.31. The molecule has 1 aromatic rings. The Hall–Kier alpha value is -0.440. The van der Waals surface area contributed by atoms with Gasteiger partial charge in [-0.2, -0.15) is 0 Å². The van der Waals surface area contributed by atoms with Gasteiger partial charge in [-0.15, -0.1) is 11.6 Å². The molecule has 18 heavy (non-hydrogen) atoms. The highest BCUT2D eigenvalue weighted by Crippen LogP contribution is 2.35. The largest absolute Gasteiger partial charge is 0.354 e. The van der Waals surface area contributed by atoms with E-state index in [2.05, 4.69) is 5.32 Å². The minimum atomic E-state index is -0.0420. The summed E-state index contributed by atoms with van der Waals surface area (Å²) in [4.78, 5) is 11.7. The van der Waals surface area contributed by atoms with Gasteiger partial charge in [-0.25, -0.2) is 0 Å². The van der Waals surface area contributed by atoms with Crippen LogP contribution in [0.2, 0.25) is 10.0 Å². The van der Waals surface area contributed by atoms with Gasteiger partial charge in [-0.1, -0.05) is 29.3 Å². The molecule has 1 aliphatic rings. The molecule has 0 saturated heterocycles. The molecule has 1 atom stereocenters. The number of hydrogen-bond acceptors (Lipinski definition) is 1. The van der Waals surface area contributed by atoms with Crippen molar-refractivity contribution in [3.8, 4) is 0 Å². The van der Waals surface area contributed by atoms with Gasteiger partial charge in [-0.05, 0) is 36.5 Å². The van der Waals surface area contributed by atoms with Crippen LogP contribution in [0.4, 0.5) is 0 Å². The van der Waals surface area contributed by atoms with Crippen LogP contribution in [0.3, 0.4) is 0 Å². The molecule has 2 rings (SSSR count). The fraction of sp³-hybridized carbons (Fsp3) is 0.462. The molecule has 1 aliphatic carbocycles. The zero-order valence-corrected chi connectivity index (χ0v) is 12.0. The molecule has 1 amide bonds. The smallest absolute Gasteiger partial charge is 0.224 e. The number of rotatable bonds is 5. The summed E-state index contributed by atoms with van der Waals surface area (Å²) in [5.41, 5.74) is 0.847. The Morgan fingerprint density at radius 1 is 1.33 bits per heavy atom. The molecule has 1 unspecified atom stereocenters. The molecular formula is C13H14Cl3NO. The third-order valence-corrected chi connectivity index (χ3v) is 4.23. The summed E-state index contributed by atoms with van der Waals surface area (Å²) in [6, 6.07) is 5.20. The standard InChI is InChI=1S/C13H14Cl3NO/c14-10-4-1-8(5-11(10)15)6-13(18)17-7-12(16)9-2-3-9/h1,4-5,9,12H,2-3,6-7H2,(H,17,18). The van der Waals surface area contributed by atoms with Gasteiger partial charge in [0.2, 0.25) is 5.91 Å². The van der Waals surface area contributed by atoms with Crippen molar-refractivity contribution >= 4 is 40.7 Å². The summed E-state index contributed by atoms with van der Waals surface area (Å²) in [5.74, 6) is 0.539. The van der Waals surface area contributed by atoms with Crippen molar-refractivity contribution < 1.29 is 4.79 Å². The van der Waals surface area contributed by atoms with Crippen LogP contribution in [0.5, 0.6) is 0 Å². The van der Waals surface area contributed by atoms with Crippen molar-refractivity contribution in [1.82, 2.24) is 5.32 Å². The molecule has 0 radical (unpaired) electrons. The first-order chi connectivity index (χ1) is 8.56.